The number of methoxy groups -OCH3 is 4. The van der Waals surface area contributed by atoms with E-state index in [1.165, 1.54) is 35.4 Å². The number of ketones is 1. The van der Waals surface area contributed by atoms with Crippen LogP contribution in [0, 0.1) is 5.92 Å². The van der Waals surface area contributed by atoms with E-state index in [-0.39, 0.29) is 35.4 Å². The number of rotatable bonds is 6. The van der Waals surface area contributed by atoms with Crippen LogP contribution in [0.5, 0.6) is 34.5 Å². The van der Waals surface area contributed by atoms with Crippen LogP contribution in [0.15, 0.2) is 23.8 Å². The van der Waals surface area contributed by atoms with Gasteiger partial charge in [-0.15, -0.1) is 0 Å². The molecule has 1 heterocycles. The Kier molecular flexibility index (Phi) is 7.20. The number of benzene rings is 2. The van der Waals surface area contributed by atoms with Crippen molar-refractivity contribution >= 4 is 11.8 Å². The van der Waals surface area contributed by atoms with Crippen molar-refractivity contribution in [1.29, 1.82) is 0 Å². The molecule has 38 heavy (non-hydrogen) atoms. The van der Waals surface area contributed by atoms with Crippen molar-refractivity contribution in [2.24, 2.45) is 5.92 Å². The molecule has 0 spiro atoms. The summed E-state index contributed by atoms with van der Waals surface area (Å²) >= 11 is 0. The Morgan fingerprint density at radius 2 is 1.68 bits per heavy atom. The maximum absolute atomic E-state index is 14.0. The number of aliphatic hydroxyl groups is 1. The fourth-order valence-electron chi connectivity index (χ4n) is 4.83. The van der Waals surface area contributed by atoms with E-state index in [4.69, 9.17) is 33.2 Å². The molecule has 0 fully saturated rings. The van der Waals surface area contributed by atoms with Crippen LogP contribution in [-0.2, 0) is 9.53 Å². The number of allylic oxidation sites excluding steroid dienone is 1. The van der Waals surface area contributed by atoms with Crippen LogP contribution in [-0.4, -0.2) is 57.7 Å². The third-order valence-corrected chi connectivity index (χ3v) is 7.26. The molecule has 2 aliphatic rings. The van der Waals surface area contributed by atoms with Crippen molar-refractivity contribution in [3.8, 4) is 45.6 Å². The summed E-state index contributed by atoms with van der Waals surface area (Å²) in [5.41, 5.74) is -0.370. The maximum Gasteiger partial charge on any atom is 0.334 e. The number of hydrogen-bond donors (Lipinski definition) is 1. The number of hydrogen-bond acceptors (Lipinski definition) is 10. The van der Waals surface area contributed by atoms with Crippen LogP contribution in [0.2, 0.25) is 0 Å². The Morgan fingerprint density at radius 3 is 2.26 bits per heavy atom. The lowest BCUT2D eigenvalue weighted by atomic mass is 9.72. The average molecular weight is 529 g/mol. The van der Waals surface area contributed by atoms with Gasteiger partial charge >= 0.3 is 5.97 Å². The lowest BCUT2D eigenvalue weighted by molar-refractivity contribution is -0.164. The third kappa shape index (κ3) is 3.99. The first-order chi connectivity index (χ1) is 18.1. The summed E-state index contributed by atoms with van der Waals surface area (Å²) < 4.78 is 40.0. The second-order valence-electron chi connectivity index (χ2n) is 9.24. The van der Waals surface area contributed by atoms with E-state index in [1.807, 2.05) is 0 Å². The summed E-state index contributed by atoms with van der Waals surface area (Å²) in [5, 5.41) is 11.9. The lowest BCUT2D eigenvalue weighted by Crippen LogP contribution is -2.46. The Bertz CT molecular complexity index is 1320. The Balaban J connectivity index is 2.22. The zero-order valence-corrected chi connectivity index (χ0v) is 22.7. The molecule has 0 unspecified atom stereocenters. The second-order valence-corrected chi connectivity index (χ2v) is 9.24. The number of carbonyl (C=O) groups is 2. The van der Waals surface area contributed by atoms with Gasteiger partial charge in [0.1, 0.15) is 5.60 Å². The molecule has 0 amide bonds. The quantitative estimate of drug-likeness (QED) is 0.430. The zero-order valence-electron chi connectivity index (χ0n) is 22.7. The third-order valence-electron chi connectivity index (χ3n) is 7.26. The van der Waals surface area contributed by atoms with Gasteiger partial charge in [-0.1, -0.05) is 13.0 Å². The summed E-state index contributed by atoms with van der Waals surface area (Å²) in [7, 11) is 5.78. The lowest BCUT2D eigenvalue weighted by Gasteiger charge is -2.40. The Hall–Kier alpha value is -3.92. The molecule has 1 aliphatic carbocycles. The molecule has 1 N–H and O–H groups in total. The number of carbonyl (C=O) groups excluding carboxylic acids is 2. The molecule has 2 aromatic carbocycles. The Labute approximate surface area is 221 Å². The maximum atomic E-state index is 14.0. The molecule has 3 atom stereocenters. The summed E-state index contributed by atoms with van der Waals surface area (Å²) in [6.45, 7) is 6.28. The van der Waals surface area contributed by atoms with Gasteiger partial charge in [-0.3, -0.25) is 4.79 Å². The number of Topliss-reactive ketones (excluding diaryl/α,β-unsaturated/α-hetero) is 1. The SMILES string of the molecule is CC=C(C)C(=O)O[C@H]1c2cc(OC)c(OC)c(OC)c2-c2c(cc3c(c2OC)OCO3)C(=O)[C@H](C)[C@]1(C)O. The van der Waals surface area contributed by atoms with Gasteiger partial charge in [0.2, 0.25) is 18.3 Å². The predicted molar refractivity (Wildman–Crippen MR) is 137 cm³/mol. The first-order valence-electron chi connectivity index (χ1n) is 12.0. The molecule has 0 saturated heterocycles. The van der Waals surface area contributed by atoms with Gasteiger partial charge in [0, 0.05) is 27.8 Å². The molecular formula is C28H32O10. The molecule has 2 aromatic rings. The number of fused-ring (bicyclic) bond motifs is 4. The topological polar surface area (TPSA) is 119 Å². The summed E-state index contributed by atoms with van der Waals surface area (Å²) in [6.07, 6.45) is 0.278. The van der Waals surface area contributed by atoms with E-state index >= 15 is 0 Å². The average Bonchev–Trinajstić information content (AvgIpc) is 3.40. The molecule has 0 saturated carbocycles. The van der Waals surface area contributed by atoms with Crippen molar-refractivity contribution in [2.75, 3.05) is 35.2 Å². The van der Waals surface area contributed by atoms with E-state index in [0.29, 0.717) is 33.8 Å². The molecule has 0 bridgehead atoms. The highest BCUT2D eigenvalue weighted by Gasteiger charge is 2.50. The molecule has 0 aromatic heterocycles. The van der Waals surface area contributed by atoms with E-state index in [9.17, 15) is 14.7 Å². The molecule has 10 nitrogen and oxygen atoms in total. The fourth-order valence-corrected chi connectivity index (χ4v) is 4.83. The summed E-state index contributed by atoms with van der Waals surface area (Å²) in [4.78, 5) is 27.1. The van der Waals surface area contributed by atoms with Gasteiger partial charge in [0.25, 0.3) is 0 Å². The molecule has 10 heteroatoms. The fraction of sp³-hybridized carbons (Fsp3) is 0.429. The van der Waals surface area contributed by atoms with Crippen molar-refractivity contribution in [3.63, 3.8) is 0 Å². The van der Waals surface area contributed by atoms with Gasteiger partial charge in [0.15, 0.2) is 34.9 Å². The number of esters is 1. The molecular weight excluding hydrogens is 496 g/mol. The normalized spacial score (nSPS) is 22.0. The van der Waals surface area contributed by atoms with E-state index < -0.39 is 29.4 Å². The summed E-state index contributed by atoms with van der Waals surface area (Å²) in [6, 6.07) is 3.16. The van der Waals surface area contributed by atoms with Gasteiger partial charge in [-0.05, 0) is 32.9 Å². The van der Waals surface area contributed by atoms with Crippen molar-refractivity contribution in [2.45, 2.75) is 39.4 Å². The minimum atomic E-state index is -1.86. The van der Waals surface area contributed by atoms with Crippen LogP contribution in [0.25, 0.3) is 11.1 Å². The monoisotopic (exact) mass is 528 g/mol. The first kappa shape index (κ1) is 27.1. The van der Waals surface area contributed by atoms with Crippen LogP contribution in [0.1, 0.15) is 49.7 Å². The molecule has 0 radical (unpaired) electrons. The van der Waals surface area contributed by atoms with E-state index in [1.54, 1.807) is 39.0 Å². The number of ether oxygens (including phenoxy) is 7. The van der Waals surface area contributed by atoms with Crippen LogP contribution in [0.4, 0.5) is 0 Å². The van der Waals surface area contributed by atoms with E-state index in [0.717, 1.165) is 0 Å². The van der Waals surface area contributed by atoms with Gasteiger partial charge < -0.3 is 38.3 Å². The zero-order chi connectivity index (χ0) is 27.9. The standard InChI is InChI=1S/C28H32O10/c1-9-13(2)27(30)38-26-16-11-17(32-5)22(33-6)24(34-7)20(16)19-15(21(29)14(3)28(26,4)31)10-18-23(25(19)35-8)37-12-36-18/h9-11,14,26,31H,12H2,1-8H3/t14-,26-,28-/m0/s1. The van der Waals surface area contributed by atoms with Gasteiger partial charge in [0.05, 0.1) is 34.4 Å². The van der Waals surface area contributed by atoms with Crippen LogP contribution in [0.3, 0.4) is 0 Å². The molecule has 204 valence electrons. The minimum Gasteiger partial charge on any atom is -0.493 e. The smallest absolute Gasteiger partial charge is 0.334 e. The largest absolute Gasteiger partial charge is 0.493 e. The highest BCUT2D eigenvalue weighted by Crippen LogP contribution is 2.59. The first-order valence-corrected chi connectivity index (χ1v) is 12.0. The molecule has 1 aliphatic heterocycles. The predicted octanol–water partition coefficient (Wildman–Crippen LogP) is 4.25. The van der Waals surface area contributed by atoms with Crippen molar-refractivity contribution in [1.82, 2.24) is 0 Å². The molecule has 4 rings (SSSR count). The summed E-state index contributed by atoms with van der Waals surface area (Å²) in [5.74, 6) is -0.570. The van der Waals surface area contributed by atoms with E-state index in [2.05, 4.69) is 0 Å². The van der Waals surface area contributed by atoms with Crippen LogP contribution >= 0.6 is 0 Å². The van der Waals surface area contributed by atoms with Crippen molar-refractivity contribution in [3.05, 3.63) is 34.9 Å². The van der Waals surface area contributed by atoms with Gasteiger partial charge in [-0.2, -0.15) is 0 Å². The highest BCUT2D eigenvalue weighted by molar-refractivity contribution is 6.09. The minimum absolute atomic E-state index is 0.0607. The highest BCUT2D eigenvalue weighted by atomic mass is 16.7. The van der Waals surface area contributed by atoms with Crippen LogP contribution < -0.4 is 28.4 Å². The van der Waals surface area contributed by atoms with Crippen molar-refractivity contribution < 1.29 is 47.9 Å². The second kappa shape index (κ2) is 10.1. The Morgan fingerprint density at radius 1 is 1.03 bits per heavy atom. The van der Waals surface area contributed by atoms with Gasteiger partial charge in [-0.25, -0.2) is 4.79 Å².